The summed E-state index contributed by atoms with van der Waals surface area (Å²) in [6.45, 7) is -0.0606. The number of primary amides is 1. The number of hydrogen-bond donors (Lipinski definition) is 2. The van der Waals surface area contributed by atoms with Crippen molar-refractivity contribution in [2.75, 3.05) is 13.7 Å². The second-order valence-electron chi connectivity index (χ2n) is 4.50. The highest BCUT2D eigenvalue weighted by atomic mass is 19.1. The largest absolute Gasteiger partial charge is 0.382 e. The first-order chi connectivity index (χ1) is 10.5. The molecule has 0 spiro atoms. The van der Waals surface area contributed by atoms with E-state index in [1.807, 2.05) is 0 Å². The third kappa shape index (κ3) is 3.47. The van der Waals surface area contributed by atoms with Gasteiger partial charge in [0.1, 0.15) is 17.5 Å². The van der Waals surface area contributed by atoms with Crippen molar-refractivity contribution in [3.63, 3.8) is 0 Å². The molecule has 0 saturated heterocycles. The molecular weight excluding hydrogens is 291 g/mol. The van der Waals surface area contributed by atoms with Gasteiger partial charge in [0.2, 0.25) is 5.91 Å². The minimum Gasteiger partial charge on any atom is -0.382 e. The number of ether oxygens (including phenoxy) is 1. The predicted molar refractivity (Wildman–Crippen MR) is 75.8 cm³/mol. The lowest BCUT2D eigenvalue weighted by Crippen LogP contribution is -2.47. The monoisotopic (exact) mass is 306 g/mol. The fourth-order valence-electron chi connectivity index (χ4n) is 1.85. The third-order valence-electron chi connectivity index (χ3n) is 2.94. The smallest absolute Gasteiger partial charge is 0.252 e. The van der Waals surface area contributed by atoms with Crippen LogP contribution in [0, 0.1) is 5.82 Å². The maximum absolute atomic E-state index is 14.1. The lowest BCUT2D eigenvalue weighted by atomic mass is 10.1. The van der Waals surface area contributed by atoms with Crippen LogP contribution in [-0.2, 0) is 9.53 Å². The molecule has 116 valence electrons. The molecule has 2 rings (SSSR count). The molecule has 1 aromatic carbocycles. The Labute approximate surface area is 125 Å². The molecule has 0 aliphatic rings. The average molecular weight is 306 g/mol. The summed E-state index contributed by atoms with van der Waals surface area (Å²) < 4.78 is 20.2. The zero-order valence-corrected chi connectivity index (χ0v) is 11.8. The number of methoxy groups -OCH3 is 1. The van der Waals surface area contributed by atoms with Gasteiger partial charge in [0.05, 0.1) is 6.61 Å². The summed E-state index contributed by atoms with van der Waals surface area (Å²) in [5.74, 6) is -1.96. The van der Waals surface area contributed by atoms with Gasteiger partial charge in [-0.25, -0.2) is 9.07 Å². The van der Waals surface area contributed by atoms with Gasteiger partial charge < -0.3 is 15.8 Å². The zero-order valence-electron chi connectivity index (χ0n) is 11.8. The van der Waals surface area contributed by atoms with Gasteiger partial charge in [0.15, 0.2) is 0 Å². The minimum absolute atomic E-state index is 0.0606. The second-order valence-corrected chi connectivity index (χ2v) is 4.50. The van der Waals surface area contributed by atoms with Crippen LogP contribution in [0.5, 0.6) is 0 Å². The molecule has 1 atom stereocenters. The van der Waals surface area contributed by atoms with Gasteiger partial charge in [0, 0.05) is 25.1 Å². The number of amides is 2. The van der Waals surface area contributed by atoms with Gasteiger partial charge in [-0.1, -0.05) is 0 Å². The Kier molecular flexibility index (Phi) is 4.84. The van der Waals surface area contributed by atoms with E-state index in [2.05, 4.69) is 10.4 Å². The number of benzene rings is 1. The topological polar surface area (TPSA) is 99.2 Å². The van der Waals surface area contributed by atoms with Crippen molar-refractivity contribution in [2.45, 2.75) is 6.04 Å². The van der Waals surface area contributed by atoms with Crippen molar-refractivity contribution in [3.8, 4) is 5.69 Å². The number of rotatable bonds is 6. The second kappa shape index (κ2) is 6.81. The van der Waals surface area contributed by atoms with Crippen molar-refractivity contribution in [3.05, 3.63) is 48.0 Å². The number of aromatic nitrogens is 2. The Morgan fingerprint density at radius 2 is 2.27 bits per heavy atom. The van der Waals surface area contributed by atoms with Crippen LogP contribution in [0.1, 0.15) is 10.4 Å². The highest BCUT2D eigenvalue weighted by Gasteiger charge is 2.19. The van der Waals surface area contributed by atoms with Crippen LogP contribution in [-0.4, -0.2) is 41.4 Å². The van der Waals surface area contributed by atoms with Crippen molar-refractivity contribution in [2.24, 2.45) is 5.73 Å². The number of hydrogen-bond acceptors (Lipinski definition) is 4. The summed E-state index contributed by atoms with van der Waals surface area (Å²) in [5.41, 5.74) is 5.43. The molecule has 0 saturated carbocycles. The van der Waals surface area contributed by atoms with Crippen LogP contribution >= 0.6 is 0 Å². The first-order valence-electron chi connectivity index (χ1n) is 6.41. The lowest BCUT2D eigenvalue weighted by molar-refractivity contribution is -0.121. The van der Waals surface area contributed by atoms with E-state index in [4.69, 9.17) is 10.5 Å². The standard InChI is InChI=1S/C14H15FN4O3/c1-22-8-11(13(16)20)18-14(21)9-3-4-12(10(15)7-9)19-6-2-5-17-19/h2-7,11H,8H2,1H3,(H2,16,20)(H,18,21)/t11-/m1/s1. The minimum atomic E-state index is -0.980. The number of carbonyl (C=O) groups is 2. The molecule has 0 unspecified atom stereocenters. The highest BCUT2D eigenvalue weighted by Crippen LogP contribution is 2.14. The van der Waals surface area contributed by atoms with Crippen molar-refractivity contribution in [1.29, 1.82) is 0 Å². The van der Waals surface area contributed by atoms with Gasteiger partial charge in [-0.2, -0.15) is 5.10 Å². The molecule has 0 radical (unpaired) electrons. The Morgan fingerprint density at radius 3 is 2.82 bits per heavy atom. The molecule has 0 bridgehead atoms. The van der Waals surface area contributed by atoms with Crippen LogP contribution in [0.2, 0.25) is 0 Å². The first-order valence-corrected chi connectivity index (χ1v) is 6.41. The SMILES string of the molecule is COC[C@@H](NC(=O)c1ccc(-n2cccn2)c(F)c1)C(N)=O. The summed E-state index contributed by atoms with van der Waals surface area (Å²) in [4.78, 5) is 23.2. The van der Waals surface area contributed by atoms with Crippen molar-refractivity contribution >= 4 is 11.8 Å². The predicted octanol–water partition coefficient (Wildman–Crippen LogP) is 0.242. The third-order valence-corrected chi connectivity index (χ3v) is 2.94. The molecule has 1 heterocycles. The fourth-order valence-corrected chi connectivity index (χ4v) is 1.85. The maximum Gasteiger partial charge on any atom is 0.252 e. The zero-order chi connectivity index (χ0) is 16.1. The molecule has 2 amide bonds. The van der Waals surface area contributed by atoms with Crippen LogP contribution in [0.4, 0.5) is 4.39 Å². The molecule has 8 heteroatoms. The molecule has 0 fully saturated rings. The summed E-state index contributed by atoms with van der Waals surface area (Å²) in [6, 6.07) is 4.60. The number of carbonyl (C=O) groups excluding carboxylic acids is 2. The van der Waals surface area contributed by atoms with Crippen LogP contribution < -0.4 is 11.1 Å². The Balaban J connectivity index is 2.17. The average Bonchev–Trinajstić information content (AvgIpc) is 3.00. The van der Waals surface area contributed by atoms with E-state index in [0.29, 0.717) is 0 Å². The van der Waals surface area contributed by atoms with E-state index in [1.165, 1.54) is 30.1 Å². The molecule has 1 aromatic heterocycles. The summed E-state index contributed by atoms with van der Waals surface area (Å²) in [7, 11) is 1.38. The van der Waals surface area contributed by atoms with Gasteiger partial charge in [-0.15, -0.1) is 0 Å². The Bertz CT molecular complexity index is 673. The van der Waals surface area contributed by atoms with Crippen LogP contribution in [0.3, 0.4) is 0 Å². The molecule has 0 aliphatic carbocycles. The number of halogens is 1. The summed E-state index contributed by atoms with van der Waals surface area (Å²) >= 11 is 0. The Hall–Kier alpha value is -2.74. The van der Waals surface area contributed by atoms with Gasteiger partial charge in [0.25, 0.3) is 5.91 Å². The van der Waals surface area contributed by atoms with Gasteiger partial charge >= 0.3 is 0 Å². The lowest BCUT2D eigenvalue weighted by Gasteiger charge is -2.14. The van der Waals surface area contributed by atoms with Gasteiger partial charge in [-0.05, 0) is 24.3 Å². The molecule has 2 aromatic rings. The molecule has 7 nitrogen and oxygen atoms in total. The molecule has 22 heavy (non-hydrogen) atoms. The van der Waals surface area contributed by atoms with E-state index in [1.54, 1.807) is 12.3 Å². The number of nitrogens with two attached hydrogens (primary N) is 1. The molecule has 3 N–H and O–H groups in total. The quantitative estimate of drug-likeness (QED) is 0.798. The van der Waals surface area contributed by atoms with Gasteiger partial charge in [-0.3, -0.25) is 9.59 Å². The summed E-state index contributed by atoms with van der Waals surface area (Å²) in [6.07, 6.45) is 3.10. The van der Waals surface area contributed by atoms with E-state index in [0.717, 1.165) is 6.07 Å². The van der Waals surface area contributed by atoms with E-state index >= 15 is 0 Å². The fraction of sp³-hybridized carbons (Fsp3) is 0.214. The van der Waals surface area contributed by atoms with E-state index < -0.39 is 23.7 Å². The molecule has 0 aliphatic heterocycles. The van der Waals surface area contributed by atoms with E-state index in [-0.39, 0.29) is 17.9 Å². The molecular formula is C14H15FN4O3. The van der Waals surface area contributed by atoms with E-state index in [9.17, 15) is 14.0 Å². The van der Waals surface area contributed by atoms with Crippen molar-refractivity contribution in [1.82, 2.24) is 15.1 Å². The first kappa shape index (κ1) is 15.6. The normalized spacial score (nSPS) is 11.9. The van der Waals surface area contributed by atoms with Crippen LogP contribution in [0.25, 0.3) is 5.69 Å². The number of nitrogens with zero attached hydrogens (tertiary/aromatic N) is 2. The highest BCUT2D eigenvalue weighted by molar-refractivity contribution is 5.97. The number of nitrogens with one attached hydrogen (secondary N) is 1. The maximum atomic E-state index is 14.1. The van der Waals surface area contributed by atoms with Crippen LogP contribution in [0.15, 0.2) is 36.7 Å². The Morgan fingerprint density at radius 1 is 1.50 bits per heavy atom. The van der Waals surface area contributed by atoms with Crippen molar-refractivity contribution < 1.29 is 18.7 Å². The summed E-state index contributed by atoms with van der Waals surface area (Å²) in [5, 5.41) is 6.30.